The smallest absolute Gasteiger partial charge is 0.254 e. The number of rotatable bonds is 4. The molecule has 5 nitrogen and oxygen atoms in total. The fourth-order valence-corrected chi connectivity index (χ4v) is 1.69. The van der Waals surface area contributed by atoms with Gasteiger partial charge < -0.3 is 10.6 Å². The average molecular weight is 272 g/mol. The first-order valence-electron chi connectivity index (χ1n) is 6.37. The molecule has 0 atom stereocenters. The van der Waals surface area contributed by atoms with Crippen LogP contribution < -0.4 is 10.6 Å². The maximum absolute atomic E-state index is 13.5. The van der Waals surface area contributed by atoms with Gasteiger partial charge in [0.2, 0.25) is 5.95 Å². The molecular weight excluding hydrogens is 259 g/mol. The molecule has 0 bridgehead atoms. The van der Waals surface area contributed by atoms with Crippen LogP contribution in [0.15, 0.2) is 36.7 Å². The van der Waals surface area contributed by atoms with Gasteiger partial charge in [0.25, 0.3) is 5.91 Å². The lowest BCUT2D eigenvalue weighted by molar-refractivity contribution is 0.0950. The van der Waals surface area contributed by atoms with Crippen molar-refractivity contribution in [3.63, 3.8) is 0 Å². The second kappa shape index (κ2) is 5.24. The standard InChI is InChI=1S/C14H13FN4O/c15-11-3-1-2-4-12(11)19-14-16-7-9(8-17-14)13(20)18-10-5-6-10/h1-4,7-8,10H,5-6H2,(H,18,20)(H,16,17,19). The second-order valence-corrected chi connectivity index (χ2v) is 4.65. The molecule has 3 rings (SSSR count). The van der Waals surface area contributed by atoms with Crippen molar-refractivity contribution in [1.29, 1.82) is 0 Å². The molecule has 1 heterocycles. The number of benzene rings is 1. The number of carbonyl (C=O) groups is 1. The molecule has 1 aromatic carbocycles. The zero-order valence-corrected chi connectivity index (χ0v) is 10.6. The number of nitrogens with one attached hydrogen (secondary N) is 2. The number of para-hydroxylation sites is 1. The fraction of sp³-hybridized carbons (Fsp3) is 0.214. The van der Waals surface area contributed by atoms with Crippen LogP contribution in [0.3, 0.4) is 0 Å². The van der Waals surface area contributed by atoms with E-state index >= 15 is 0 Å². The minimum atomic E-state index is -0.383. The van der Waals surface area contributed by atoms with Gasteiger partial charge in [-0.2, -0.15) is 0 Å². The van der Waals surface area contributed by atoms with E-state index in [1.807, 2.05) is 0 Å². The zero-order valence-electron chi connectivity index (χ0n) is 10.6. The van der Waals surface area contributed by atoms with Crippen LogP contribution in [0.5, 0.6) is 0 Å². The van der Waals surface area contributed by atoms with Crippen molar-refractivity contribution in [1.82, 2.24) is 15.3 Å². The number of hydrogen-bond donors (Lipinski definition) is 2. The molecule has 6 heteroatoms. The Morgan fingerprint density at radius 1 is 1.20 bits per heavy atom. The van der Waals surface area contributed by atoms with Crippen LogP contribution in [0, 0.1) is 5.82 Å². The normalized spacial score (nSPS) is 13.8. The Kier molecular flexibility index (Phi) is 3.28. The number of anilines is 2. The molecule has 0 aliphatic heterocycles. The number of hydrogen-bond acceptors (Lipinski definition) is 4. The fourth-order valence-electron chi connectivity index (χ4n) is 1.69. The summed E-state index contributed by atoms with van der Waals surface area (Å²) >= 11 is 0. The lowest BCUT2D eigenvalue weighted by atomic mass is 10.3. The van der Waals surface area contributed by atoms with Crippen LogP contribution in [0.2, 0.25) is 0 Å². The highest BCUT2D eigenvalue weighted by molar-refractivity contribution is 5.94. The minimum absolute atomic E-state index is 0.176. The Morgan fingerprint density at radius 2 is 1.90 bits per heavy atom. The largest absolute Gasteiger partial charge is 0.349 e. The molecule has 1 aromatic heterocycles. The Balaban J connectivity index is 1.69. The Morgan fingerprint density at radius 3 is 2.55 bits per heavy atom. The van der Waals surface area contributed by atoms with E-state index in [1.54, 1.807) is 18.2 Å². The monoisotopic (exact) mass is 272 g/mol. The van der Waals surface area contributed by atoms with Gasteiger partial charge in [-0.1, -0.05) is 12.1 Å². The van der Waals surface area contributed by atoms with Gasteiger partial charge in [0.1, 0.15) is 5.82 Å². The Hall–Kier alpha value is -2.50. The van der Waals surface area contributed by atoms with Crippen molar-refractivity contribution in [2.45, 2.75) is 18.9 Å². The summed E-state index contributed by atoms with van der Waals surface area (Å²) < 4.78 is 13.5. The van der Waals surface area contributed by atoms with E-state index in [1.165, 1.54) is 18.5 Å². The molecule has 0 unspecified atom stereocenters. The van der Waals surface area contributed by atoms with Crippen LogP contribution in [0.1, 0.15) is 23.2 Å². The lowest BCUT2D eigenvalue weighted by Crippen LogP contribution is -2.25. The van der Waals surface area contributed by atoms with Crippen molar-refractivity contribution in [3.8, 4) is 0 Å². The van der Waals surface area contributed by atoms with Gasteiger partial charge in [0, 0.05) is 18.4 Å². The maximum atomic E-state index is 13.5. The highest BCUT2D eigenvalue weighted by Crippen LogP contribution is 2.19. The first kappa shape index (κ1) is 12.5. The summed E-state index contributed by atoms with van der Waals surface area (Å²) in [6, 6.07) is 6.54. The quantitative estimate of drug-likeness (QED) is 0.895. The minimum Gasteiger partial charge on any atom is -0.349 e. The van der Waals surface area contributed by atoms with Crippen molar-refractivity contribution < 1.29 is 9.18 Å². The highest BCUT2D eigenvalue weighted by Gasteiger charge is 2.24. The number of aromatic nitrogens is 2. The van der Waals surface area contributed by atoms with Crippen LogP contribution in [-0.2, 0) is 0 Å². The third-order valence-electron chi connectivity index (χ3n) is 2.95. The molecular formula is C14H13FN4O. The number of amides is 1. The van der Waals surface area contributed by atoms with Crippen LogP contribution in [-0.4, -0.2) is 21.9 Å². The molecule has 0 radical (unpaired) electrons. The summed E-state index contributed by atoms with van der Waals surface area (Å²) in [5.74, 6) is -0.310. The van der Waals surface area contributed by atoms with Gasteiger partial charge in [-0.15, -0.1) is 0 Å². The van der Waals surface area contributed by atoms with Crippen molar-refractivity contribution >= 4 is 17.5 Å². The summed E-state index contributed by atoms with van der Waals surface area (Å²) in [5, 5.41) is 5.61. The number of halogens is 1. The molecule has 0 saturated heterocycles. The second-order valence-electron chi connectivity index (χ2n) is 4.65. The van der Waals surface area contributed by atoms with Crippen LogP contribution in [0.4, 0.5) is 16.0 Å². The third kappa shape index (κ3) is 2.90. The number of nitrogens with zero attached hydrogens (tertiary/aromatic N) is 2. The van der Waals surface area contributed by atoms with E-state index in [0.717, 1.165) is 12.8 Å². The third-order valence-corrected chi connectivity index (χ3v) is 2.95. The van der Waals surface area contributed by atoms with Gasteiger partial charge >= 0.3 is 0 Å². The highest BCUT2D eigenvalue weighted by atomic mass is 19.1. The molecule has 1 saturated carbocycles. The predicted molar refractivity (Wildman–Crippen MR) is 72.2 cm³/mol. The van der Waals surface area contributed by atoms with Gasteiger partial charge in [-0.05, 0) is 25.0 Å². The van der Waals surface area contributed by atoms with E-state index in [2.05, 4.69) is 20.6 Å². The Labute approximate surface area is 115 Å². The van der Waals surface area contributed by atoms with E-state index in [4.69, 9.17) is 0 Å². The molecule has 20 heavy (non-hydrogen) atoms. The van der Waals surface area contributed by atoms with Gasteiger partial charge in [-0.3, -0.25) is 4.79 Å². The molecule has 1 aliphatic rings. The SMILES string of the molecule is O=C(NC1CC1)c1cnc(Nc2ccccc2F)nc1. The van der Waals surface area contributed by atoms with Gasteiger partial charge in [-0.25, -0.2) is 14.4 Å². The Bertz CT molecular complexity index is 625. The number of carbonyl (C=O) groups excluding carboxylic acids is 1. The summed E-state index contributed by atoms with van der Waals surface area (Å²) in [5.41, 5.74) is 0.693. The summed E-state index contributed by atoms with van der Waals surface area (Å²) in [4.78, 5) is 19.8. The average Bonchev–Trinajstić information content (AvgIpc) is 3.26. The lowest BCUT2D eigenvalue weighted by Gasteiger charge is -2.06. The maximum Gasteiger partial charge on any atom is 0.254 e. The van der Waals surface area contributed by atoms with Crippen molar-refractivity contribution in [3.05, 3.63) is 48.0 Å². The van der Waals surface area contributed by atoms with Gasteiger partial charge in [0.15, 0.2) is 0 Å². The zero-order chi connectivity index (χ0) is 13.9. The molecule has 102 valence electrons. The van der Waals surface area contributed by atoms with Gasteiger partial charge in [0.05, 0.1) is 11.3 Å². The van der Waals surface area contributed by atoms with E-state index < -0.39 is 0 Å². The molecule has 1 amide bonds. The topological polar surface area (TPSA) is 66.9 Å². The van der Waals surface area contributed by atoms with Crippen LogP contribution >= 0.6 is 0 Å². The first-order valence-corrected chi connectivity index (χ1v) is 6.37. The van der Waals surface area contributed by atoms with Crippen LogP contribution in [0.25, 0.3) is 0 Å². The summed E-state index contributed by atoms with van der Waals surface area (Å²) in [7, 11) is 0. The molecule has 0 spiro atoms. The molecule has 1 aliphatic carbocycles. The van der Waals surface area contributed by atoms with Crippen molar-refractivity contribution in [2.24, 2.45) is 0 Å². The van der Waals surface area contributed by atoms with E-state index in [-0.39, 0.29) is 17.7 Å². The van der Waals surface area contributed by atoms with Crippen molar-refractivity contribution in [2.75, 3.05) is 5.32 Å². The first-order chi connectivity index (χ1) is 9.72. The predicted octanol–water partition coefficient (Wildman–Crippen LogP) is 2.25. The van der Waals surface area contributed by atoms with E-state index in [0.29, 0.717) is 17.3 Å². The van der Waals surface area contributed by atoms with E-state index in [9.17, 15) is 9.18 Å². The summed E-state index contributed by atoms with van der Waals surface area (Å²) in [6.07, 6.45) is 4.90. The molecule has 2 N–H and O–H groups in total. The molecule has 2 aromatic rings. The molecule has 1 fully saturated rings. The summed E-state index contributed by atoms with van der Waals surface area (Å²) in [6.45, 7) is 0.